The molecule has 0 bridgehead atoms. The first-order valence-corrected chi connectivity index (χ1v) is 11.6. The standard InChI is InChI=1S/C27H37F2NO2/c1-26(2,3)20-6-5-7-21(16-20)27(12-10-25(32-4)11-13-27)30-18-24(31)9-8-19-14-22(28)17-23(29)15-19/h5-7,14-17,24-25,30-31H,8-13,18H2,1-4H3. The van der Waals surface area contributed by atoms with Gasteiger partial charge in [-0.2, -0.15) is 0 Å². The Balaban J connectivity index is 1.71. The Labute approximate surface area is 191 Å². The zero-order chi connectivity index (χ0) is 23.4. The van der Waals surface area contributed by atoms with Crippen molar-refractivity contribution in [3.63, 3.8) is 0 Å². The molecule has 0 spiro atoms. The van der Waals surface area contributed by atoms with Crippen LogP contribution in [0, 0.1) is 11.6 Å². The molecular weight excluding hydrogens is 408 g/mol. The Morgan fingerprint density at radius 3 is 2.34 bits per heavy atom. The van der Waals surface area contributed by atoms with Gasteiger partial charge >= 0.3 is 0 Å². The lowest BCUT2D eigenvalue weighted by atomic mass is 9.73. The van der Waals surface area contributed by atoms with E-state index in [1.807, 2.05) is 0 Å². The second-order valence-electron chi connectivity index (χ2n) is 10.2. The summed E-state index contributed by atoms with van der Waals surface area (Å²) in [4.78, 5) is 0. The lowest BCUT2D eigenvalue weighted by Crippen LogP contribution is -2.49. The molecular formula is C27H37F2NO2. The minimum Gasteiger partial charge on any atom is -0.392 e. The predicted molar refractivity (Wildman–Crippen MR) is 125 cm³/mol. The van der Waals surface area contributed by atoms with Crippen LogP contribution < -0.4 is 5.32 Å². The molecule has 1 fully saturated rings. The maximum atomic E-state index is 13.4. The molecule has 1 aliphatic carbocycles. The predicted octanol–water partition coefficient (Wildman–Crippen LogP) is 5.63. The second kappa shape index (κ2) is 10.4. The van der Waals surface area contributed by atoms with Crippen LogP contribution in [0.2, 0.25) is 0 Å². The number of aliphatic hydroxyl groups is 1. The first-order chi connectivity index (χ1) is 15.1. The van der Waals surface area contributed by atoms with E-state index in [2.05, 4.69) is 50.4 Å². The van der Waals surface area contributed by atoms with E-state index in [4.69, 9.17) is 4.74 Å². The highest BCUT2D eigenvalue weighted by Gasteiger charge is 2.37. The molecule has 2 aromatic rings. The average Bonchev–Trinajstić information content (AvgIpc) is 2.75. The molecule has 32 heavy (non-hydrogen) atoms. The molecule has 0 saturated heterocycles. The van der Waals surface area contributed by atoms with E-state index in [9.17, 15) is 13.9 Å². The molecule has 1 atom stereocenters. The summed E-state index contributed by atoms with van der Waals surface area (Å²) in [7, 11) is 1.77. The van der Waals surface area contributed by atoms with Crippen LogP contribution in [0.3, 0.4) is 0 Å². The Bertz CT molecular complexity index is 865. The summed E-state index contributed by atoms with van der Waals surface area (Å²) >= 11 is 0. The van der Waals surface area contributed by atoms with Gasteiger partial charge in [-0.15, -0.1) is 0 Å². The molecule has 1 unspecified atom stereocenters. The molecule has 3 rings (SSSR count). The van der Waals surface area contributed by atoms with Crippen LogP contribution in [0.25, 0.3) is 0 Å². The third-order valence-corrected chi connectivity index (χ3v) is 6.77. The van der Waals surface area contributed by atoms with E-state index in [0.717, 1.165) is 31.7 Å². The second-order valence-corrected chi connectivity index (χ2v) is 10.2. The highest BCUT2D eigenvalue weighted by atomic mass is 19.1. The molecule has 0 aromatic heterocycles. The quantitative estimate of drug-likeness (QED) is 0.553. The first kappa shape index (κ1) is 24.8. The number of aryl methyl sites for hydroxylation is 1. The van der Waals surface area contributed by atoms with E-state index in [1.54, 1.807) is 7.11 Å². The van der Waals surface area contributed by atoms with E-state index in [1.165, 1.54) is 23.3 Å². The van der Waals surface area contributed by atoms with Crippen molar-refractivity contribution in [1.82, 2.24) is 5.32 Å². The molecule has 176 valence electrons. The van der Waals surface area contributed by atoms with Crippen molar-refractivity contribution in [2.45, 2.75) is 82.5 Å². The first-order valence-electron chi connectivity index (χ1n) is 11.6. The fourth-order valence-corrected chi connectivity index (χ4v) is 4.67. The number of halogens is 2. The van der Waals surface area contributed by atoms with Gasteiger partial charge in [-0.05, 0) is 72.8 Å². The summed E-state index contributed by atoms with van der Waals surface area (Å²) in [5.41, 5.74) is 2.94. The monoisotopic (exact) mass is 445 g/mol. The van der Waals surface area contributed by atoms with Crippen molar-refractivity contribution in [3.05, 3.63) is 70.8 Å². The van der Waals surface area contributed by atoms with E-state index in [-0.39, 0.29) is 17.1 Å². The summed E-state index contributed by atoms with van der Waals surface area (Å²) in [5.74, 6) is -1.17. The van der Waals surface area contributed by atoms with E-state index >= 15 is 0 Å². The van der Waals surface area contributed by atoms with Crippen molar-refractivity contribution in [3.8, 4) is 0 Å². The SMILES string of the molecule is COC1CCC(NCC(O)CCc2cc(F)cc(F)c2)(c2cccc(C(C)(C)C)c2)CC1. The molecule has 1 aliphatic rings. The van der Waals surface area contributed by atoms with Gasteiger partial charge in [-0.3, -0.25) is 0 Å². The Hall–Kier alpha value is -1.82. The summed E-state index contributed by atoms with van der Waals surface area (Å²) < 4.78 is 32.5. The van der Waals surface area contributed by atoms with E-state index < -0.39 is 17.7 Å². The molecule has 0 radical (unpaired) electrons. The number of aliphatic hydroxyl groups excluding tert-OH is 1. The zero-order valence-corrected chi connectivity index (χ0v) is 19.8. The summed E-state index contributed by atoms with van der Waals surface area (Å²) in [5, 5.41) is 14.3. The van der Waals surface area contributed by atoms with Crippen molar-refractivity contribution in [2.75, 3.05) is 13.7 Å². The van der Waals surface area contributed by atoms with Crippen molar-refractivity contribution >= 4 is 0 Å². The van der Waals surface area contributed by atoms with Crippen molar-refractivity contribution in [1.29, 1.82) is 0 Å². The fourth-order valence-electron chi connectivity index (χ4n) is 4.67. The van der Waals surface area contributed by atoms with Gasteiger partial charge in [-0.25, -0.2) is 8.78 Å². The molecule has 0 heterocycles. The number of nitrogens with one attached hydrogen (secondary N) is 1. The van der Waals surface area contributed by atoms with Gasteiger partial charge in [0.15, 0.2) is 0 Å². The van der Waals surface area contributed by atoms with Crippen LogP contribution in [0.4, 0.5) is 8.78 Å². The summed E-state index contributed by atoms with van der Waals surface area (Å²) in [6.45, 7) is 7.07. The van der Waals surface area contributed by atoms with Crippen molar-refractivity contribution in [2.24, 2.45) is 0 Å². The Morgan fingerprint density at radius 2 is 1.75 bits per heavy atom. The van der Waals surface area contributed by atoms with Crippen LogP contribution in [-0.4, -0.2) is 31.0 Å². The van der Waals surface area contributed by atoms with Crippen LogP contribution in [0.15, 0.2) is 42.5 Å². The number of ether oxygens (including phenoxy) is 1. The van der Waals surface area contributed by atoms with Crippen molar-refractivity contribution < 1.29 is 18.6 Å². The highest BCUT2D eigenvalue weighted by Crippen LogP contribution is 2.39. The largest absolute Gasteiger partial charge is 0.392 e. The third-order valence-electron chi connectivity index (χ3n) is 6.77. The number of hydrogen-bond acceptors (Lipinski definition) is 3. The molecule has 3 nitrogen and oxygen atoms in total. The van der Waals surface area contributed by atoms with Gasteiger partial charge in [-0.1, -0.05) is 45.0 Å². The van der Waals surface area contributed by atoms with Gasteiger partial charge in [0.05, 0.1) is 12.2 Å². The van der Waals surface area contributed by atoms with Gasteiger partial charge in [0.2, 0.25) is 0 Å². The number of methoxy groups -OCH3 is 1. The number of hydrogen-bond donors (Lipinski definition) is 2. The molecule has 2 N–H and O–H groups in total. The van der Waals surface area contributed by atoms with Crippen LogP contribution in [-0.2, 0) is 22.1 Å². The Kier molecular flexibility index (Phi) is 8.07. The summed E-state index contributed by atoms with van der Waals surface area (Å²) in [6.07, 6.45) is 4.31. The number of benzene rings is 2. The maximum Gasteiger partial charge on any atom is 0.126 e. The molecule has 5 heteroatoms. The molecule has 1 saturated carbocycles. The third kappa shape index (κ3) is 6.37. The lowest BCUT2D eigenvalue weighted by molar-refractivity contribution is 0.0357. The maximum absolute atomic E-state index is 13.4. The highest BCUT2D eigenvalue weighted by molar-refractivity contribution is 5.34. The Morgan fingerprint density at radius 1 is 1.09 bits per heavy atom. The topological polar surface area (TPSA) is 41.5 Å². The van der Waals surface area contributed by atoms with Crippen LogP contribution >= 0.6 is 0 Å². The minimum atomic E-state index is -0.607. The lowest BCUT2D eigenvalue weighted by Gasteiger charge is -2.42. The van der Waals surface area contributed by atoms with Gasteiger partial charge in [0.25, 0.3) is 0 Å². The minimum absolute atomic E-state index is 0.0562. The summed E-state index contributed by atoms with van der Waals surface area (Å²) in [6, 6.07) is 12.3. The van der Waals surface area contributed by atoms with Gasteiger partial charge in [0, 0.05) is 25.3 Å². The molecule has 0 amide bonds. The van der Waals surface area contributed by atoms with Crippen LogP contribution in [0.1, 0.15) is 69.6 Å². The van der Waals surface area contributed by atoms with Gasteiger partial charge in [0.1, 0.15) is 11.6 Å². The smallest absolute Gasteiger partial charge is 0.126 e. The zero-order valence-electron chi connectivity index (χ0n) is 19.8. The number of rotatable bonds is 8. The average molecular weight is 446 g/mol. The fraction of sp³-hybridized carbons (Fsp3) is 0.556. The normalized spacial score (nSPS) is 22.7. The van der Waals surface area contributed by atoms with Gasteiger partial charge < -0.3 is 15.2 Å². The van der Waals surface area contributed by atoms with E-state index in [0.29, 0.717) is 24.9 Å². The molecule has 0 aliphatic heterocycles. The molecule has 2 aromatic carbocycles. The van der Waals surface area contributed by atoms with Crippen LogP contribution in [0.5, 0.6) is 0 Å².